The Kier molecular flexibility index (Phi) is 6.17. The second-order valence-electron chi connectivity index (χ2n) is 5.59. The van der Waals surface area contributed by atoms with E-state index in [4.69, 9.17) is 10.5 Å². The van der Waals surface area contributed by atoms with Crippen molar-refractivity contribution in [2.45, 2.75) is 25.2 Å². The molecule has 0 bridgehead atoms. The minimum absolute atomic E-state index is 0.0790. The van der Waals surface area contributed by atoms with Crippen LogP contribution in [0.2, 0.25) is 0 Å². The molecular formula is C18H22N2O4S. The van der Waals surface area contributed by atoms with E-state index in [2.05, 4.69) is 4.72 Å². The summed E-state index contributed by atoms with van der Waals surface area (Å²) in [7, 11) is -3.72. The van der Waals surface area contributed by atoms with Crippen LogP contribution in [-0.2, 0) is 21.2 Å². The minimum Gasteiger partial charge on any atom is -0.462 e. The number of carbonyl (C=O) groups excluding carboxylic acids is 1. The van der Waals surface area contributed by atoms with Crippen LogP contribution in [-0.4, -0.2) is 27.5 Å². The van der Waals surface area contributed by atoms with E-state index in [0.717, 1.165) is 5.56 Å². The summed E-state index contributed by atoms with van der Waals surface area (Å²) >= 11 is 0. The lowest BCUT2D eigenvalue weighted by Crippen LogP contribution is -2.27. The summed E-state index contributed by atoms with van der Waals surface area (Å²) in [6.07, 6.45) is 0.538. The molecule has 25 heavy (non-hydrogen) atoms. The van der Waals surface area contributed by atoms with Crippen LogP contribution in [0.4, 0.5) is 5.69 Å². The van der Waals surface area contributed by atoms with Gasteiger partial charge in [0.25, 0.3) is 0 Å². The number of anilines is 1. The number of hydrogen-bond donors (Lipinski definition) is 2. The fourth-order valence-corrected chi connectivity index (χ4v) is 3.62. The molecular weight excluding hydrogens is 340 g/mol. The van der Waals surface area contributed by atoms with Crippen molar-refractivity contribution in [2.24, 2.45) is 0 Å². The van der Waals surface area contributed by atoms with Crippen molar-refractivity contribution in [2.75, 3.05) is 18.9 Å². The second-order valence-corrected chi connectivity index (χ2v) is 7.33. The van der Waals surface area contributed by atoms with Gasteiger partial charge in [0, 0.05) is 12.2 Å². The average molecular weight is 362 g/mol. The van der Waals surface area contributed by atoms with Crippen molar-refractivity contribution >= 4 is 21.7 Å². The number of benzene rings is 2. The largest absolute Gasteiger partial charge is 0.462 e. The summed E-state index contributed by atoms with van der Waals surface area (Å²) in [5.41, 5.74) is 8.05. The standard InChI is InChI=1S/C18H22N2O4S/c1-3-24-18(21)15-7-4-13(2)17(12-15)25(22,23)20-11-10-14-5-8-16(19)9-6-14/h4-9,12,20H,3,10-11,19H2,1-2H3. The van der Waals surface area contributed by atoms with Crippen LogP contribution in [0.25, 0.3) is 0 Å². The Bertz CT molecular complexity index is 846. The third-order valence-corrected chi connectivity index (χ3v) is 5.28. The highest BCUT2D eigenvalue weighted by molar-refractivity contribution is 7.89. The SMILES string of the molecule is CCOC(=O)c1ccc(C)c(S(=O)(=O)NCCc2ccc(N)cc2)c1. The molecule has 3 N–H and O–H groups in total. The van der Waals surface area contributed by atoms with Gasteiger partial charge >= 0.3 is 5.97 Å². The predicted octanol–water partition coefficient (Wildman–Crippen LogP) is 2.27. The van der Waals surface area contributed by atoms with Gasteiger partial charge in [0.2, 0.25) is 10.0 Å². The van der Waals surface area contributed by atoms with Gasteiger partial charge < -0.3 is 10.5 Å². The van der Waals surface area contributed by atoms with Gasteiger partial charge in [0.1, 0.15) is 0 Å². The molecule has 0 amide bonds. The van der Waals surface area contributed by atoms with Gasteiger partial charge in [-0.05, 0) is 55.7 Å². The van der Waals surface area contributed by atoms with Crippen molar-refractivity contribution in [3.05, 3.63) is 59.2 Å². The Morgan fingerprint density at radius 2 is 1.84 bits per heavy atom. The molecule has 134 valence electrons. The fraction of sp³-hybridized carbons (Fsp3) is 0.278. The monoisotopic (exact) mass is 362 g/mol. The molecule has 0 saturated heterocycles. The lowest BCUT2D eigenvalue weighted by Gasteiger charge is -2.11. The zero-order chi connectivity index (χ0) is 18.4. The maximum absolute atomic E-state index is 12.5. The first-order chi connectivity index (χ1) is 11.8. The van der Waals surface area contributed by atoms with Crippen LogP contribution in [0, 0.1) is 6.92 Å². The van der Waals surface area contributed by atoms with E-state index >= 15 is 0 Å². The van der Waals surface area contributed by atoms with Gasteiger partial charge in [-0.2, -0.15) is 0 Å². The highest BCUT2D eigenvalue weighted by Crippen LogP contribution is 2.18. The first-order valence-corrected chi connectivity index (χ1v) is 9.43. The van der Waals surface area contributed by atoms with Crippen molar-refractivity contribution in [3.63, 3.8) is 0 Å². The zero-order valence-electron chi connectivity index (χ0n) is 14.3. The number of rotatable bonds is 7. The summed E-state index contributed by atoms with van der Waals surface area (Å²) in [6.45, 7) is 3.86. The summed E-state index contributed by atoms with van der Waals surface area (Å²) in [5, 5.41) is 0. The molecule has 0 heterocycles. The molecule has 2 aromatic rings. The van der Waals surface area contributed by atoms with Crippen LogP contribution >= 0.6 is 0 Å². The van der Waals surface area contributed by atoms with E-state index in [0.29, 0.717) is 17.7 Å². The number of hydrogen-bond acceptors (Lipinski definition) is 5. The Labute approximate surface area is 148 Å². The number of nitrogens with two attached hydrogens (primary N) is 1. The van der Waals surface area contributed by atoms with Crippen LogP contribution in [0.5, 0.6) is 0 Å². The van der Waals surface area contributed by atoms with Crippen molar-refractivity contribution in [3.8, 4) is 0 Å². The number of sulfonamides is 1. The average Bonchev–Trinajstić information content (AvgIpc) is 2.57. The van der Waals surface area contributed by atoms with Crippen molar-refractivity contribution in [1.29, 1.82) is 0 Å². The third kappa shape index (κ3) is 5.04. The van der Waals surface area contributed by atoms with Crippen LogP contribution < -0.4 is 10.5 Å². The first kappa shape index (κ1) is 19.0. The summed E-state index contributed by atoms with van der Waals surface area (Å²) < 4.78 is 32.6. The lowest BCUT2D eigenvalue weighted by atomic mass is 10.1. The summed E-state index contributed by atoms with van der Waals surface area (Å²) in [6, 6.07) is 11.8. The van der Waals surface area contributed by atoms with E-state index in [1.165, 1.54) is 6.07 Å². The molecule has 0 spiro atoms. The van der Waals surface area contributed by atoms with Gasteiger partial charge in [-0.15, -0.1) is 0 Å². The lowest BCUT2D eigenvalue weighted by molar-refractivity contribution is 0.0526. The molecule has 0 radical (unpaired) electrons. The number of nitrogen functional groups attached to an aromatic ring is 1. The molecule has 0 atom stereocenters. The van der Waals surface area contributed by atoms with Crippen LogP contribution in [0.3, 0.4) is 0 Å². The Morgan fingerprint density at radius 3 is 2.48 bits per heavy atom. The molecule has 0 aliphatic heterocycles. The van der Waals surface area contributed by atoms with Gasteiger partial charge in [-0.3, -0.25) is 0 Å². The third-order valence-electron chi connectivity index (χ3n) is 3.67. The van der Waals surface area contributed by atoms with E-state index in [9.17, 15) is 13.2 Å². The maximum Gasteiger partial charge on any atom is 0.338 e. The molecule has 7 heteroatoms. The molecule has 0 aromatic heterocycles. The van der Waals surface area contributed by atoms with Gasteiger partial charge in [0.05, 0.1) is 17.1 Å². The number of carbonyl (C=O) groups is 1. The van der Waals surface area contributed by atoms with Crippen LogP contribution in [0.1, 0.15) is 28.4 Å². The quantitative estimate of drug-likeness (QED) is 0.581. The van der Waals surface area contributed by atoms with Crippen LogP contribution in [0.15, 0.2) is 47.4 Å². The molecule has 0 fully saturated rings. The van der Waals surface area contributed by atoms with Crippen molar-refractivity contribution < 1.29 is 17.9 Å². The Morgan fingerprint density at radius 1 is 1.16 bits per heavy atom. The molecule has 2 aromatic carbocycles. The highest BCUT2D eigenvalue weighted by Gasteiger charge is 2.19. The Hall–Kier alpha value is -2.38. The first-order valence-electron chi connectivity index (χ1n) is 7.95. The molecule has 2 rings (SSSR count). The van der Waals surface area contributed by atoms with Crippen molar-refractivity contribution in [1.82, 2.24) is 4.72 Å². The number of aryl methyl sites for hydroxylation is 1. The Balaban J connectivity index is 2.11. The molecule has 0 aliphatic carbocycles. The molecule has 0 saturated carbocycles. The van der Waals surface area contributed by atoms with E-state index < -0.39 is 16.0 Å². The normalized spacial score (nSPS) is 11.3. The predicted molar refractivity (Wildman–Crippen MR) is 96.9 cm³/mol. The maximum atomic E-state index is 12.5. The number of nitrogens with one attached hydrogen (secondary N) is 1. The summed E-state index contributed by atoms with van der Waals surface area (Å²) in [4.78, 5) is 11.9. The van der Waals surface area contributed by atoms with E-state index in [1.807, 2.05) is 12.1 Å². The fourth-order valence-electron chi connectivity index (χ4n) is 2.32. The highest BCUT2D eigenvalue weighted by atomic mass is 32.2. The van der Waals surface area contributed by atoms with Gasteiger partial charge in [0.15, 0.2) is 0 Å². The molecule has 6 nitrogen and oxygen atoms in total. The van der Waals surface area contributed by atoms with Gasteiger partial charge in [-0.25, -0.2) is 17.9 Å². The zero-order valence-corrected chi connectivity index (χ0v) is 15.1. The number of esters is 1. The second kappa shape index (κ2) is 8.13. The summed E-state index contributed by atoms with van der Waals surface area (Å²) in [5.74, 6) is -0.541. The topological polar surface area (TPSA) is 98.5 Å². The molecule has 0 aliphatic rings. The van der Waals surface area contributed by atoms with E-state index in [1.54, 1.807) is 38.1 Å². The number of ether oxygens (including phenoxy) is 1. The molecule has 0 unspecified atom stereocenters. The smallest absolute Gasteiger partial charge is 0.338 e. The minimum atomic E-state index is -3.72. The van der Waals surface area contributed by atoms with E-state index in [-0.39, 0.29) is 23.6 Å². The van der Waals surface area contributed by atoms with Gasteiger partial charge in [-0.1, -0.05) is 18.2 Å².